The summed E-state index contributed by atoms with van der Waals surface area (Å²) in [4.78, 5) is 0. The second-order valence-corrected chi connectivity index (χ2v) is 2.63. The van der Waals surface area contributed by atoms with Crippen LogP contribution in [0.4, 0.5) is 0 Å². The van der Waals surface area contributed by atoms with Crippen molar-refractivity contribution in [1.82, 2.24) is 0 Å². The third kappa shape index (κ3) is 2.10. The maximum atomic E-state index is 9.30. The topological polar surface area (TPSA) is 40.5 Å². The number of aryl methyl sites for hydroxylation is 1. The number of aliphatic hydroxyl groups is 1. The van der Waals surface area contributed by atoms with Crippen LogP contribution >= 0.6 is 0 Å². The maximum absolute atomic E-state index is 9.30. The average molecular weight is 164 g/mol. The lowest BCUT2D eigenvalue weighted by atomic mass is 10.1. The van der Waals surface area contributed by atoms with Gasteiger partial charge in [-0.05, 0) is 24.1 Å². The molecule has 0 saturated heterocycles. The third-order valence-electron chi connectivity index (χ3n) is 1.65. The van der Waals surface area contributed by atoms with Crippen molar-refractivity contribution < 1.29 is 10.2 Å². The van der Waals surface area contributed by atoms with Crippen molar-refractivity contribution in [2.24, 2.45) is 0 Å². The minimum absolute atomic E-state index is 0.0225. The Morgan fingerprint density at radius 2 is 2.17 bits per heavy atom. The molecule has 0 heterocycles. The van der Waals surface area contributed by atoms with Crippen LogP contribution in [0, 0.1) is 6.92 Å². The second-order valence-electron chi connectivity index (χ2n) is 2.63. The van der Waals surface area contributed by atoms with Gasteiger partial charge in [-0.25, -0.2) is 0 Å². The molecule has 0 saturated carbocycles. The highest BCUT2D eigenvalue weighted by atomic mass is 16.3. The normalized spacial score (nSPS) is 10.8. The van der Waals surface area contributed by atoms with Gasteiger partial charge < -0.3 is 10.2 Å². The molecule has 0 unspecified atom stereocenters. The third-order valence-corrected chi connectivity index (χ3v) is 1.65. The Hall–Kier alpha value is -1.28. The summed E-state index contributed by atoms with van der Waals surface area (Å²) in [6.07, 6.45) is 3.39. The summed E-state index contributed by atoms with van der Waals surface area (Å²) in [5, 5.41) is 17.8. The van der Waals surface area contributed by atoms with Gasteiger partial charge in [0.05, 0.1) is 6.61 Å². The maximum Gasteiger partial charge on any atom is 0.119 e. The van der Waals surface area contributed by atoms with Gasteiger partial charge in [-0.1, -0.05) is 24.3 Å². The van der Waals surface area contributed by atoms with Crippen molar-refractivity contribution in [3.8, 4) is 5.75 Å². The molecule has 0 spiro atoms. The molecule has 12 heavy (non-hydrogen) atoms. The predicted octanol–water partition coefficient (Wildman–Crippen LogP) is 1.71. The Morgan fingerprint density at radius 1 is 1.42 bits per heavy atom. The number of aromatic hydroxyl groups is 1. The Balaban J connectivity index is 2.89. The molecule has 1 rings (SSSR count). The predicted molar refractivity (Wildman–Crippen MR) is 49.0 cm³/mol. The number of hydrogen-bond acceptors (Lipinski definition) is 2. The van der Waals surface area contributed by atoms with Gasteiger partial charge in [0.2, 0.25) is 0 Å². The molecule has 0 fully saturated rings. The van der Waals surface area contributed by atoms with Gasteiger partial charge in [0.25, 0.3) is 0 Å². The first-order valence-electron chi connectivity index (χ1n) is 3.81. The first kappa shape index (κ1) is 8.81. The Bertz CT molecular complexity index is 290. The lowest BCUT2D eigenvalue weighted by Gasteiger charge is -1.98. The molecule has 0 aromatic heterocycles. The van der Waals surface area contributed by atoms with Crippen molar-refractivity contribution in [3.05, 3.63) is 35.4 Å². The van der Waals surface area contributed by atoms with Gasteiger partial charge in [0, 0.05) is 0 Å². The van der Waals surface area contributed by atoms with E-state index in [9.17, 15) is 5.11 Å². The fourth-order valence-corrected chi connectivity index (χ4v) is 0.919. The van der Waals surface area contributed by atoms with Crippen LogP contribution in [0.1, 0.15) is 11.1 Å². The summed E-state index contributed by atoms with van der Waals surface area (Å²) >= 11 is 0. The van der Waals surface area contributed by atoms with E-state index >= 15 is 0 Å². The Labute approximate surface area is 71.8 Å². The van der Waals surface area contributed by atoms with Crippen molar-refractivity contribution in [2.45, 2.75) is 6.92 Å². The molecule has 0 atom stereocenters. The summed E-state index contributed by atoms with van der Waals surface area (Å²) < 4.78 is 0. The van der Waals surface area contributed by atoms with E-state index in [1.807, 2.05) is 19.1 Å². The summed E-state index contributed by atoms with van der Waals surface area (Å²) in [5.41, 5.74) is 1.75. The number of benzene rings is 1. The molecule has 0 aliphatic carbocycles. The van der Waals surface area contributed by atoms with Crippen molar-refractivity contribution in [2.75, 3.05) is 6.61 Å². The van der Waals surface area contributed by atoms with Crippen LogP contribution in [0.3, 0.4) is 0 Å². The minimum atomic E-state index is 0.0225. The van der Waals surface area contributed by atoms with Crippen LogP contribution in [0.2, 0.25) is 0 Å². The van der Waals surface area contributed by atoms with E-state index in [0.717, 1.165) is 11.1 Å². The van der Waals surface area contributed by atoms with Gasteiger partial charge in [0.15, 0.2) is 0 Å². The monoisotopic (exact) mass is 164 g/mol. The van der Waals surface area contributed by atoms with Crippen LogP contribution in [0.25, 0.3) is 6.08 Å². The molecule has 0 radical (unpaired) electrons. The van der Waals surface area contributed by atoms with Gasteiger partial charge in [0.1, 0.15) is 5.75 Å². The lowest BCUT2D eigenvalue weighted by Crippen LogP contribution is -1.77. The van der Waals surface area contributed by atoms with Crippen LogP contribution in [0.15, 0.2) is 24.3 Å². The van der Waals surface area contributed by atoms with Crippen molar-refractivity contribution >= 4 is 6.08 Å². The molecule has 1 aromatic rings. The van der Waals surface area contributed by atoms with E-state index in [0.29, 0.717) is 0 Å². The fourth-order valence-electron chi connectivity index (χ4n) is 0.919. The van der Waals surface area contributed by atoms with Crippen LogP contribution in [-0.4, -0.2) is 16.8 Å². The van der Waals surface area contributed by atoms with E-state index < -0.39 is 0 Å². The first-order valence-corrected chi connectivity index (χ1v) is 3.81. The SMILES string of the molecule is Cc1ccc(C=CCO)cc1O. The van der Waals surface area contributed by atoms with Crippen LogP contribution < -0.4 is 0 Å². The van der Waals surface area contributed by atoms with Gasteiger partial charge in [-0.3, -0.25) is 0 Å². The minimum Gasteiger partial charge on any atom is -0.508 e. The molecule has 0 bridgehead atoms. The van der Waals surface area contributed by atoms with Gasteiger partial charge in [-0.2, -0.15) is 0 Å². The zero-order valence-electron chi connectivity index (χ0n) is 6.99. The smallest absolute Gasteiger partial charge is 0.119 e. The first-order chi connectivity index (χ1) is 5.74. The Kier molecular flexibility index (Phi) is 2.88. The number of phenolic OH excluding ortho intramolecular Hbond substituents is 1. The second kappa shape index (κ2) is 3.93. The van der Waals surface area contributed by atoms with E-state index in [2.05, 4.69) is 0 Å². The van der Waals surface area contributed by atoms with Crippen molar-refractivity contribution in [1.29, 1.82) is 0 Å². The fraction of sp³-hybridized carbons (Fsp3) is 0.200. The largest absolute Gasteiger partial charge is 0.508 e. The zero-order chi connectivity index (χ0) is 8.97. The number of rotatable bonds is 2. The highest BCUT2D eigenvalue weighted by Crippen LogP contribution is 2.17. The van der Waals surface area contributed by atoms with E-state index in [1.54, 1.807) is 18.2 Å². The lowest BCUT2D eigenvalue weighted by molar-refractivity contribution is 0.343. The molecular formula is C10H12O2. The van der Waals surface area contributed by atoms with Gasteiger partial charge >= 0.3 is 0 Å². The summed E-state index contributed by atoms with van der Waals surface area (Å²) in [6.45, 7) is 1.86. The summed E-state index contributed by atoms with van der Waals surface area (Å²) in [5.74, 6) is 0.287. The highest BCUT2D eigenvalue weighted by molar-refractivity contribution is 5.53. The van der Waals surface area contributed by atoms with E-state index in [-0.39, 0.29) is 12.4 Å². The molecule has 0 aliphatic heterocycles. The molecule has 0 amide bonds. The summed E-state index contributed by atoms with van der Waals surface area (Å²) in [6, 6.07) is 5.40. The van der Waals surface area contributed by atoms with Crippen LogP contribution in [0.5, 0.6) is 5.75 Å². The number of aliphatic hydroxyl groups excluding tert-OH is 1. The summed E-state index contributed by atoms with van der Waals surface area (Å²) in [7, 11) is 0. The van der Waals surface area contributed by atoms with E-state index in [4.69, 9.17) is 5.11 Å². The highest BCUT2D eigenvalue weighted by Gasteiger charge is 1.94. The molecule has 2 nitrogen and oxygen atoms in total. The molecular weight excluding hydrogens is 152 g/mol. The molecule has 2 N–H and O–H groups in total. The van der Waals surface area contributed by atoms with Crippen LogP contribution in [-0.2, 0) is 0 Å². The molecule has 0 aliphatic rings. The molecule has 64 valence electrons. The molecule has 1 aromatic carbocycles. The van der Waals surface area contributed by atoms with Gasteiger partial charge in [-0.15, -0.1) is 0 Å². The van der Waals surface area contributed by atoms with E-state index in [1.165, 1.54) is 0 Å². The Morgan fingerprint density at radius 3 is 2.75 bits per heavy atom. The standard InChI is InChI=1S/C10H12O2/c1-8-4-5-9(3-2-6-11)7-10(8)12/h2-5,7,11-12H,6H2,1H3. The quantitative estimate of drug-likeness (QED) is 0.698. The zero-order valence-corrected chi connectivity index (χ0v) is 6.99. The van der Waals surface area contributed by atoms with Crippen molar-refractivity contribution in [3.63, 3.8) is 0 Å². The number of hydrogen-bond donors (Lipinski definition) is 2. The molecule has 2 heteroatoms. The average Bonchev–Trinajstić information content (AvgIpc) is 2.07. The number of phenols is 1.